The lowest BCUT2D eigenvalue weighted by atomic mass is 9.95. The molecular formula is C26H20ClNO6. The number of aliphatic hydroxyl groups excluding tert-OH is 1. The minimum Gasteiger partial charge on any atom is -0.507 e. The quantitative estimate of drug-likeness (QED) is 0.304. The Morgan fingerprint density at radius 2 is 1.62 bits per heavy atom. The van der Waals surface area contributed by atoms with E-state index in [0.29, 0.717) is 27.5 Å². The Labute approximate surface area is 200 Å². The van der Waals surface area contributed by atoms with Gasteiger partial charge in [0.25, 0.3) is 11.7 Å². The van der Waals surface area contributed by atoms with E-state index in [0.717, 1.165) is 0 Å². The van der Waals surface area contributed by atoms with Gasteiger partial charge in [-0.3, -0.25) is 9.59 Å². The predicted octanol–water partition coefficient (Wildman–Crippen LogP) is 4.67. The van der Waals surface area contributed by atoms with E-state index in [9.17, 15) is 19.5 Å². The van der Waals surface area contributed by atoms with Gasteiger partial charge in [-0.25, -0.2) is 4.79 Å². The lowest BCUT2D eigenvalue weighted by molar-refractivity contribution is -0.140. The number of hydrogen-bond donors (Lipinski definition) is 2. The Hall–Kier alpha value is -4.10. The molecule has 0 aromatic heterocycles. The largest absolute Gasteiger partial charge is 0.507 e. The van der Waals surface area contributed by atoms with E-state index in [-0.39, 0.29) is 23.4 Å². The van der Waals surface area contributed by atoms with E-state index in [1.807, 2.05) is 0 Å². The highest BCUT2D eigenvalue weighted by molar-refractivity contribution is 6.46. The van der Waals surface area contributed by atoms with Gasteiger partial charge >= 0.3 is 5.97 Å². The first-order valence-electron chi connectivity index (χ1n) is 10.3. The zero-order valence-corrected chi connectivity index (χ0v) is 18.8. The molecule has 1 saturated heterocycles. The minimum absolute atomic E-state index is 0.0315. The molecule has 3 aromatic carbocycles. The van der Waals surface area contributed by atoms with Gasteiger partial charge in [-0.2, -0.15) is 0 Å². The number of Topliss-reactive ketones (excluding diaryl/α,β-unsaturated/α-hetero) is 1. The zero-order valence-electron chi connectivity index (χ0n) is 18.1. The smallest absolute Gasteiger partial charge is 0.335 e. The molecule has 3 aromatic rings. The summed E-state index contributed by atoms with van der Waals surface area (Å²) in [5.74, 6) is -2.44. The Morgan fingerprint density at radius 3 is 2.24 bits per heavy atom. The summed E-state index contributed by atoms with van der Waals surface area (Å²) in [6, 6.07) is 18.4. The molecule has 34 heavy (non-hydrogen) atoms. The number of ketones is 1. The van der Waals surface area contributed by atoms with Crippen LogP contribution >= 0.6 is 11.6 Å². The summed E-state index contributed by atoms with van der Waals surface area (Å²) in [6.07, 6.45) is 0. The van der Waals surface area contributed by atoms with Crippen LogP contribution in [0.15, 0.2) is 78.4 Å². The van der Waals surface area contributed by atoms with E-state index >= 15 is 0 Å². The number of carbonyl (C=O) groups excluding carboxylic acids is 2. The van der Waals surface area contributed by atoms with E-state index in [1.54, 1.807) is 60.7 Å². The minimum atomic E-state index is -1.06. The van der Waals surface area contributed by atoms with Crippen molar-refractivity contribution in [2.45, 2.75) is 12.6 Å². The van der Waals surface area contributed by atoms with Crippen LogP contribution in [0, 0.1) is 0 Å². The molecule has 0 aliphatic carbocycles. The van der Waals surface area contributed by atoms with E-state index in [4.69, 9.17) is 21.4 Å². The van der Waals surface area contributed by atoms with Crippen LogP contribution in [0.25, 0.3) is 5.76 Å². The highest BCUT2D eigenvalue weighted by atomic mass is 35.5. The monoisotopic (exact) mass is 477 g/mol. The molecule has 1 aliphatic heterocycles. The summed E-state index contributed by atoms with van der Waals surface area (Å²) in [4.78, 5) is 38.7. The van der Waals surface area contributed by atoms with Gasteiger partial charge in [0.2, 0.25) is 0 Å². The van der Waals surface area contributed by atoms with Gasteiger partial charge in [-0.05, 0) is 59.7 Å². The molecule has 1 aliphatic rings. The number of ether oxygens (including phenoxy) is 1. The van der Waals surface area contributed by atoms with Crippen LogP contribution in [0.2, 0.25) is 5.02 Å². The van der Waals surface area contributed by atoms with Crippen LogP contribution in [0.1, 0.15) is 33.1 Å². The number of carbonyl (C=O) groups is 3. The fourth-order valence-corrected chi connectivity index (χ4v) is 4.04. The number of carboxylic acids is 1. The summed E-state index contributed by atoms with van der Waals surface area (Å²) >= 11 is 5.95. The number of amides is 1. The molecule has 172 valence electrons. The van der Waals surface area contributed by atoms with Crippen molar-refractivity contribution in [3.8, 4) is 5.75 Å². The summed E-state index contributed by atoms with van der Waals surface area (Å²) in [5.41, 5.74) is 1.62. The Morgan fingerprint density at radius 1 is 0.971 bits per heavy atom. The van der Waals surface area contributed by atoms with E-state index in [2.05, 4.69) is 0 Å². The average Bonchev–Trinajstić information content (AvgIpc) is 3.09. The number of benzene rings is 3. The number of likely N-dealkylation sites (tertiary alicyclic amines) is 1. The number of carboxylic acid groups (broad SMARTS) is 1. The molecule has 0 spiro atoms. The topological polar surface area (TPSA) is 104 Å². The standard InChI is InChI=1S/C26H20ClNO6/c1-34-20-4-2-3-18(13-20)22-21(23(29)16-9-11-19(27)12-10-16)24(30)25(31)28(22)14-15-5-7-17(8-6-15)26(32)33/h2-13,22,29H,14H2,1H3,(H,32,33)/b23-21+. The zero-order chi connectivity index (χ0) is 24.4. The van der Waals surface area contributed by atoms with Crippen LogP contribution in [-0.2, 0) is 16.1 Å². The lowest BCUT2D eigenvalue weighted by Crippen LogP contribution is -2.29. The maximum absolute atomic E-state index is 13.1. The van der Waals surface area contributed by atoms with Crippen LogP contribution in [0.4, 0.5) is 0 Å². The summed E-state index contributed by atoms with van der Waals surface area (Å²) in [6.45, 7) is 0.0315. The van der Waals surface area contributed by atoms with Gasteiger partial charge in [0, 0.05) is 17.1 Å². The second kappa shape index (κ2) is 9.41. The van der Waals surface area contributed by atoms with Gasteiger partial charge in [-0.15, -0.1) is 0 Å². The summed E-state index contributed by atoms with van der Waals surface area (Å²) in [5, 5.41) is 20.7. The molecule has 0 saturated carbocycles. The first kappa shape index (κ1) is 23.1. The highest BCUT2D eigenvalue weighted by Crippen LogP contribution is 2.41. The molecule has 1 heterocycles. The lowest BCUT2D eigenvalue weighted by Gasteiger charge is -2.26. The van der Waals surface area contributed by atoms with Crippen LogP contribution in [0.3, 0.4) is 0 Å². The van der Waals surface area contributed by atoms with Crippen molar-refractivity contribution in [2.24, 2.45) is 0 Å². The summed E-state index contributed by atoms with van der Waals surface area (Å²) in [7, 11) is 1.51. The van der Waals surface area contributed by atoms with Crippen molar-refractivity contribution >= 4 is 35.0 Å². The van der Waals surface area contributed by atoms with Crippen molar-refractivity contribution in [2.75, 3.05) is 7.11 Å². The van der Waals surface area contributed by atoms with Crippen LogP contribution in [0.5, 0.6) is 5.75 Å². The van der Waals surface area contributed by atoms with Gasteiger partial charge < -0.3 is 19.8 Å². The first-order valence-corrected chi connectivity index (χ1v) is 10.7. The van der Waals surface area contributed by atoms with E-state index < -0.39 is 23.7 Å². The maximum Gasteiger partial charge on any atom is 0.335 e. The predicted molar refractivity (Wildman–Crippen MR) is 126 cm³/mol. The van der Waals surface area contributed by atoms with E-state index in [1.165, 1.54) is 24.1 Å². The Kier molecular flexibility index (Phi) is 6.38. The number of halogens is 1. The molecule has 0 bridgehead atoms. The average molecular weight is 478 g/mol. The molecule has 8 heteroatoms. The van der Waals surface area contributed by atoms with Crippen molar-refractivity contribution < 1.29 is 29.3 Å². The Bertz CT molecular complexity index is 1300. The molecule has 0 radical (unpaired) electrons. The molecular weight excluding hydrogens is 458 g/mol. The van der Waals surface area contributed by atoms with Gasteiger partial charge in [0.05, 0.1) is 24.3 Å². The number of hydrogen-bond acceptors (Lipinski definition) is 5. The molecule has 4 rings (SSSR count). The summed E-state index contributed by atoms with van der Waals surface area (Å²) < 4.78 is 5.31. The van der Waals surface area contributed by atoms with Crippen molar-refractivity contribution in [3.05, 3.63) is 106 Å². The Balaban J connectivity index is 1.83. The molecule has 1 fully saturated rings. The van der Waals surface area contributed by atoms with Crippen molar-refractivity contribution in [1.29, 1.82) is 0 Å². The number of rotatable bonds is 6. The van der Waals surface area contributed by atoms with Crippen LogP contribution in [-0.4, -0.2) is 39.9 Å². The third-order valence-electron chi connectivity index (χ3n) is 5.62. The normalized spacial score (nSPS) is 17.1. The van der Waals surface area contributed by atoms with Crippen LogP contribution < -0.4 is 4.74 Å². The number of aromatic carboxylic acids is 1. The third kappa shape index (κ3) is 4.38. The maximum atomic E-state index is 13.1. The second-order valence-electron chi connectivity index (χ2n) is 7.71. The molecule has 7 nitrogen and oxygen atoms in total. The fourth-order valence-electron chi connectivity index (χ4n) is 3.91. The van der Waals surface area contributed by atoms with Gasteiger partial charge in [0.15, 0.2) is 0 Å². The number of nitrogens with zero attached hydrogens (tertiary/aromatic N) is 1. The molecule has 2 N–H and O–H groups in total. The second-order valence-corrected chi connectivity index (χ2v) is 8.15. The third-order valence-corrected chi connectivity index (χ3v) is 5.87. The SMILES string of the molecule is COc1cccc(C2/C(=C(\O)c3ccc(Cl)cc3)C(=O)C(=O)N2Cc2ccc(C(=O)O)cc2)c1. The number of methoxy groups -OCH3 is 1. The molecule has 1 unspecified atom stereocenters. The van der Waals surface area contributed by atoms with Crippen molar-refractivity contribution in [3.63, 3.8) is 0 Å². The van der Waals surface area contributed by atoms with Gasteiger partial charge in [0.1, 0.15) is 11.5 Å². The highest BCUT2D eigenvalue weighted by Gasteiger charge is 2.46. The molecule has 1 atom stereocenters. The van der Waals surface area contributed by atoms with Gasteiger partial charge in [-0.1, -0.05) is 35.9 Å². The molecule has 1 amide bonds. The van der Waals surface area contributed by atoms with Crippen molar-refractivity contribution in [1.82, 2.24) is 4.90 Å². The fraction of sp³-hybridized carbons (Fsp3) is 0.115. The first-order chi connectivity index (χ1) is 16.3. The number of aliphatic hydroxyl groups is 1.